The van der Waals surface area contributed by atoms with E-state index in [4.69, 9.17) is 0 Å². The molecule has 1 heterocycles. The molecule has 1 N–H and O–H groups in total. The van der Waals surface area contributed by atoms with Gasteiger partial charge in [0, 0.05) is 5.41 Å². The van der Waals surface area contributed by atoms with E-state index in [-0.39, 0.29) is 5.41 Å². The predicted molar refractivity (Wildman–Crippen MR) is 43.6 cm³/mol. The van der Waals surface area contributed by atoms with Crippen molar-refractivity contribution in [1.82, 2.24) is 0 Å². The van der Waals surface area contributed by atoms with Gasteiger partial charge in [-0.2, -0.15) is 0 Å². The lowest BCUT2D eigenvalue weighted by Gasteiger charge is -2.24. The van der Waals surface area contributed by atoms with Crippen molar-refractivity contribution in [2.45, 2.75) is 33.3 Å². The van der Waals surface area contributed by atoms with Crippen LogP contribution in [0, 0.1) is 5.41 Å². The van der Waals surface area contributed by atoms with Crippen molar-refractivity contribution in [2.75, 3.05) is 0 Å². The van der Waals surface area contributed by atoms with Gasteiger partial charge in [0.2, 0.25) is 5.60 Å². The van der Waals surface area contributed by atoms with Gasteiger partial charge in [-0.25, -0.2) is 4.79 Å². The summed E-state index contributed by atoms with van der Waals surface area (Å²) < 4.78 is 0. The van der Waals surface area contributed by atoms with E-state index in [1.54, 1.807) is 0 Å². The average Bonchev–Trinajstić information content (AvgIpc) is 2.06. The fraction of sp³-hybridized carbons (Fsp3) is 0.750. The number of hydrogen-bond donors (Lipinski definition) is 1. The zero-order valence-electron chi connectivity index (χ0n) is 7.71. The number of oxime groups is 1. The smallest absolute Gasteiger partial charge is 0.371 e. The van der Waals surface area contributed by atoms with Gasteiger partial charge in [-0.1, -0.05) is 25.9 Å². The minimum atomic E-state index is -1.56. The summed E-state index contributed by atoms with van der Waals surface area (Å²) in [6.07, 6.45) is 0. The molecule has 0 unspecified atom stereocenters. The van der Waals surface area contributed by atoms with Crippen molar-refractivity contribution in [2.24, 2.45) is 10.6 Å². The zero-order chi connectivity index (χ0) is 9.57. The highest BCUT2D eigenvalue weighted by atomic mass is 16.7. The molecule has 1 rings (SSSR count). The first-order chi connectivity index (χ1) is 5.26. The van der Waals surface area contributed by atoms with Gasteiger partial charge < -0.3 is 9.94 Å². The van der Waals surface area contributed by atoms with Crippen molar-refractivity contribution >= 4 is 11.7 Å². The molecule has 0 aromatic carbocycles. The second kappa shape index (κ2) is 2.29. The molecule has 4 nitrogen and oxygen atoms in total. The van der Waals surface area contributed by atoms with Crippen LogP contribution in [-0.4, -0.2) is 22.4 Å². The van der Waals surface area contributed by atoms with E-state index < -0.39 is 11.6 Å². The highest BCUT2D eigenvalue weighted by molar-refractivity contribution is 6.14. The maximum Gasteiger partial charge on any atom is 0.371 e. The van der Waals surface area contributed by atoms with Gasteiger partial charge in [0.25, 0.3) is 0 Å². The van der Waals surface area contributed by atoms with E-state index in [9.17, 15) is 9.90 Å². The Bertz CT molecular complexity index is 248. The second-order valence-electron chi connectivity index (χ2n) is 4.14. The highest BCUT2D eigenvalue weighted by Crippen LogP contribution is 2.29. The lowest BCUT2D eigenvalue weighted by Crippen LogP contribution is -2.45. The molecule has 0 bridgehead atoms. The molecule has 0 saturated carbocycles. The summed E-state index contributed by atoms with van der Waals surface area (Å²) in [6.45, 7) is 6.99. The van der Waals surface area contributed by atoms with Crippen LogP contribution in [0.4, 0.5) is 0 Å². The van der Waals surface area contributed by atoms with Crippen LogP contribution in [0.15, 0.2) is 5.16 Å². The Labute approximate surface area is 71.2 Å². The largest absolute Gasteiger partial charge is 0.373 e. The second-order valence-corrected chi connectivity index (χ2v) is 4.14. The third-order valence-corrected chi connectivity index (χ3v) is 1.79. The molecule has 0 spiro atoms. The molecule has 0 aromatic heterocycles. The molecule has 0 radical (unpaired) electrons. The predicted octanol–water partition coefficient (Wildman–Crippen LogP) is 0.696. The summed E-state index contributed by atoms with van der Waals surface area (Å²) in [4.78, 5) is 15.4. The first kappa shape index (κ1) is 9.19. The molecule has 12 heavy (non-hydrogen) atoms. The van der Waals surface area contributed by atoms with Gasteiger partial charge in [-0.3, -0.25) is 0 Å². The van der Waals surface area contributed by atoms with Crippen molar-refractivity contribution in [1.29, 1.82) is 0 Å². The number of nitrogens with zero attached hydrogens (tertiary/aromatic N) is 1. The van der Waals surface area contributed by atoms with E-state index in [0.29, 0.717) is 5.71 Å². The van der Waals surface area contributed by atoms with E-state index in [2.05, 4.69) is 9.99 Å². The Morgan fingerprint density at radius 1 is 1.50 bits per heavy atom. The first-order valence-electron chi connectivity index (χ1n) is 3.79. The van der Waals surface area contributed by atoms with Gasteiger partial charge in [0.1, 0.15) is 5.71 Å². The summed E-state index contributed by atoms with van der Waals surface area (Å²) in [5.74, 6) is -0.701. The van der Waals surface area contributed by atoms with Crippen LogP contribution in [0.3, 0.4) is 0 Å². The van der Waals surface area contributed by atoms with Crippen LogP contribution >= 0.6 is 0 Å². The van der Waals surface area contributed by atoms with Crippen molar-refractivity contribution < 1.29 is 14.7 Å². The van der Waals surface area contributed by atoms with Gasteiger partial charge in [0.15, 0.2) is 0 Å². The van der Waals surface area contributed by atoms with E-state index in [1.807, 2.05) is 20.8 Å². The average molecular weight is 171 g/mol. The monoisotopic (exact) mass is 171 g/mol. The summed E-state index contributed by atoms with van der Waals surface area (Å²) >= 11 is 0. The van der Waals surface area contributed by atoms with Crippen LogP contribution in [-0.2, 0) is 9.63 Å². The quantitative estimate of drug-likeness (QED) is 0.546. The number of hydrogen-bond acceptors (Lipinski definition) is 4. The fourth-order valence-electron chi connectivity index (χ4n) is 1.23. The lowest BCUT2D eigenvalue weighted by atomic mass is 9.81. The van der Waals surface area contributed by atoms with E-state index >= 15 is 0 Å². The third kappa shape index (κ3) is 1.22. The Morgan fingerprint density at radius 2 is 2.00 bits per heavy atom. The molecule has 68 valence electrons. The van der Waals surface area contributed by atoms with Crippen LogP contribution < -0.4 is 0 Å². The minimum absolute atomic E-state index is 0.352. The minimum Gasteiger partial charge on any atom is -0.373 e. The number of aliphatic hydroxyl groups is 1. The van der Waals surface area contributed by atoms with Crippen molar-refractivity contribution in [3.63, 3.8) is 0 Å². The molecular weight excluding hydrogens is 158 g/mol. The number of carbonyl (C=O) groups excluding carboxylic acids is 1. The van der Waals surface area contributed by atoms with Crippen LogP contribution in [0.25, 0.3) is 0 Å². The Morgan fingerprint density at radius 3 is 2.17 bits per heavy atom. The first-order valence-corrected chi connectivity index (χ1v) is 3.79. The van der Waals surface area contributed by atoms with Gasteiger partial charge in [0.05, 0.1) is 0 Å². The molecule has 0 saturated heterocycles. The number of rotatable bonds is 0. The Kier molecular flexibility index (Phi) is 1.76. The van der Waals surface area contributed by atoms with E-state index in [1.165, 1.54) is 6.92 Å². The fourth-order valence-corrected chi connectivity index (χ4v) is 1.23. The van der Waals surface area contributed by atoms with Crippen molar-refractivity contribution in [3.05, 3.63) is 0 Å². The Balaban J connectivity index is 3.03. The Hall–Kier alpha value is -0.900. The maximum atomic E-state index is 11.0. The maximum absolute atomic E-state index is 11.0. The summed E-state index contributed by atoms with van der Waals surface area (Å²) in [6, 6.07) is 0. The van der Waals surface area contributed by atoms with Crippen LogP contribution in [0.2, 0.25) is 0 Å². The highest BCUT2D eigenvalue weighted by Gasteiger charge is 2.48. The molecule has 1 aliphatic heterocycles. The van der Waals surface area contributed by atoms with Gasteiger partial charge >= 0.3 is 5.97 Å². The standard InChI is InChI=1S/C8H13NO3/c1-7(2,3)5-8(4,11)6(10)12-9-5/h11H,1-4H3/t8-/m0/s1. The molecule has 4 heteroatoms. The summed E-state index contributed by atoms with van der Waals surface area (Å²) in [5.41, 5.74) is -1.53. The molecule has 0 aromatic rings. The lowest BCUT2D eigenvalue weighted by molar-refractivity contribution is -0.152. The number of carbonyl (C=O) groups is 1. The third-order valence-electron chi connectivity index (χ3n) is 1.79. The van der Waals surface area contributed by atoms with Crippen LogP contribution in [0.5, 0.6) is 0 Å². The van der Waals surface area contributed by atoms with Gasteiger partial charge in [-0.15, -0.1) is 0 Å². The molecule has 0 aliphatic carbocycles. The molecule has 0 amide bonds. The normalized spacial score (nSPS) is 30.1. The van der Waals surface area contributed by atoms with E-state index in [0.717, 1.165) is 0 Å². The SMILES string of the molecule is CC(C)(C)C1=NOC(=O)[C@@]1(C)O. The summed E-state index contributed by atoms with van der Waals surface area (Å²) in [7, 11) is 0. The molecule has 1 atom stereocenters. The zero-order valence-corrected chi connectivity index (χ0v) is 7.71. The molecule has 0 fully saturated rings. The van der Waals surface area contributed by atoms with Crippen molar-refractivity contribution in [3.8, 4) is 0 Å². The molecular formula is C8H13NO3. The molecule has 1 aliphatic rings. The van der Waals surface area contributed by atoms with Crippen LogP contribution in [0.1, 0.15) is 27.7 Å². The topological polar surface area (TPSA) is 58.9 Å². The van der Waals surface area contributed by atoms with Gasteiger partial charge in [-0.05, 0) is 6.92 Å². The summed E-state index contributed by atoms with van der Waals surface area (Å²) in [5, 5.41) is 13.2.